The van der Waals surface area contributed by atoms with Crippen molar-refractivity contribution in [2.24, 2.45) is 4.99 Å². The second-order valence-corrected chi connectivity index (χ2v) is 6.34. The third-order valence-electron chi connectivity index (χ3n) is 4.56. The van der Waals surface area contributed by atoms with E-state index in [1.807, 2.05) is 12.1 Å². The molecule has 1 saturated heterocycles. The quantitative estimate of drug-likeness (QED) is 0.342. The summed E-state index contributed by atoms with van der Waals surface area (Å²) in [6.07, 6.45) is 0.851. The summed E-state index contributed by atoms with van der Waals surface area (Å²) in [4.78, 5) is 9.64. The Labute approximate surface area is 174 Å². The lowest BCUT2D eigenvalue weighted by Gasteiger charge is -2.33. The average Bonchev–Trinajstić information content (AvgIpc) is 2.64. The number of halogens is 2. The SMILES string of the molecule is CCNC(=NCCN1CCN(CC)CC1)NCCc1ccc(F)cc1.I. The van der Waals surface area contributed by atoms with Gasteiger partial charge in [0.1, 0.15) is 5.82 Å². The van der Waals surface area contributed by atoms with Crippen LogP contribution in [0.5, 0.6) is 0 Å². The van der Waals surface area contributed by atoms with Gasteiger partial charge in [-0.2, -0.15) is 0 Å². The van der Waals surface area contributed by atoms with Crippen LogP contribution in [-0.4, -0.2) is 74.7 Å². The minimum atomic E-state index is -0.189. The molecule has 0 atom stereocenters. The van der Waals surface area contributed by atoms with Crippen molar-refractivity contribution in [3.05, 3.63) is 35.6 Å². The van der Waals surface area contributed by atoms with Gasteiger partial charge in [0.2, 0.25) is 0 Å². The molecule has 7 heteroatoms. The van der Waals surface area contributed by atoms with Crippen molar-refractivity contribution < 1.29 is 4.39 Å². The molecule has 26 heavy (non-hydrogen) atoms. The molecule has 0 radical (unpaired) electrons. The first-order valence-corrected chi connectivity index (χ1v) is 9.42. The normalized spacial score (nSPS) is 16.2. The Morgan fingerprint density at radius 1 is 1.04 bits per heavy atom. The summed E-state index contributed by atoms with van der Waals surface area (Å²) in [7, 11) is 0. The van der Waals surface area contributed by atoms with E-state index in [2.05, 4.69) is 39.3 Å². The van der Waals surface area contributed by atoms with Crippen molar-refractivity contribution in [2.45, 2.75) is 20.3 Å². The van der Waals surface area contributed by atoms with Gasteiger partial charge < -0.3 is 15.5 Å². The summed E-state index contributed by atoms with van der Waals surface area (Å²) >= 11 is 0. The highest BCUT2D eigenvalue weighted by Gasteiger charge is 2.14. The number of nitrogens with one attached hydrogen (secondary N) is 2. The molecule has 0 unspecified atom stereocenters. The van der Waals surface area contributed by atoms with Crippen LogP contribution in [-0.2, 0) is 6.42 Å². The molecule has 1 aromatic rings. The summed E-state index contributed by atoms with van der Waals surface area (Å²) in [5.74, 6) is 0.670. The van der Waals surface area contributed by atoms with Gasteiger partial charge in [0.25, 0.3) is 0 Å². The number of hydrogen-bond acceptors (Lipinski definition) is 3. The maximum absolute atomic E-state index is 12.9. The predicted molar refractivity (Wildman–Crippen MR) is 118 cm³/mol. The number of hydrogen-bond donors (Lipinski definition) is 2. The van der Waals surface area contributed by atoms with Crippen LogP contribution >= 0.6 is 24.0 Å². The predicted octanol–water partition coefficient (Wildman–Crippen LogP) is 2.18. The number of piperazine rings is 1. The average molecular weight is 477 g/mol. The molecule has 2 N–H and O–H groups in total. The van der Waals surface area contributed by atoms with Gasteiger partial charge in [0.05, 0.1) is 6.54 Å². The van der Waals surface area contributed by atoms with E-state index in [1.165, 1.54) is 12.1 Å². The molecule has 0 aromatic heterocycles. The van der Waals surface area contributed by atoms with Gasteiger partial charge in [-0.15, -0.1) is 24.0 Å². The van der Waals surface area contributed by atoms with Gasteiger partial charge in [-0.3, -0.25) is 9.89 Å². The summed E-state index contributed by atoms with van der Waals surface area (Å²) in [5, 5.41) is 6.64. The van der Waals surface area contributed by atoms with Crippen molar-refractivity contribution in [2.75, 3.05) is 58.9 Å². The monoisotopic (exact) mass is 477 g/mol. The van der Waals surface area contributed by atoms with E-state index < -0.39 is 0 Å². The summed E-state index contributed by atoms with van der Waals surface area (Å²) in [6.45, 7) is 13.5. The fraction of sp³-hybridized carbons (Fsp3) is 0.632. The second kappa shape index (κ2) is 13.3. The van der Waals surface area contributed by atoms with E-state index >= 15 is 0 Å². The number of guanidine groups is 1. The van der Waals surface area contributed by atoms with Crippen LogP contribution in [0, 0.1) is 5.82 Å². The van der Waals surface area contributed by atoms with E-state index in [0.717, 1.165) is 76.8 Å². The van der Waals surface area contributed by atoms with Gasteiger partial charge in [0, 0.05) is 45.8 Å². The van der Waals surface area contributed by atoms with Crippen LogP contribution in [0.1, 0.15) is 19.4 Å². The number of rotatable bonds is 8. The molecule has 148 valence electrons. The highest BCUT2D eigenvalue weighted by atomic mass is 127. The maximum atomic E-state index is 12.9. The molecule has 5 nitrogen and oxygen atoms in total. The van der Waals surface area contributed by atoms with Crippen LogP contribution in [0.25, 0.3) is 0 Å². The maximum Gasteiger partial charge on any atom is 0.191 e. The highest BCUT2D eigenvalue weighted by Crippen LogP contribution is 2.03. The zero-order valence-corrected chi connectivity index (χ0v) is 18.3. The Morgan fingerprint density at radius 3 is 2.31 bits per heavy atom. The molecule has 0 amide bonds. The van der Waals surface area contributed by atoms with Crippen LogP contribution < -0.4 is 10.6 Å². The lowest BCUT2D eigenvalue weighted by molar-refractivity contribution is 0.140. The molecule has 1 aliphatic rings. The largest absolute Gasteiger partial charge is 0.357 e. The Kier molecular flexibility index (Phi) is 11.8. The van der Waals surface area contributed by atoms with Gasteiger partial charge in [-0.25, -0.2) is 4.39 Å². The smallest absolute Gasteiger partial charge is 0.191 e. The number of benzene rings is 1. The molecular weight excluding hydrogens is 444 g/mol. The van der Waals surface area contributed by atoms with Gasteiger partial charge >= 0.3 is 0 Å². The molecular formula is C19H33FIN5. The zero-order valence-electron chi connectivity index (χ0n) is 16.0. The van der Waals surface area contributed by atoms with Crippen LogP contribution in [0.3, 0.4) is 0 Å². The fourth-order valence-corrected chi connectivity index (χ4v) is 2.95. The Morgan fingerprint density at radius 2 is 1.69 bits per heavy atom. The molecule has 0 spiro atoms. The number of nitrogens with zero attached hydrogens (tertiary/aromatic N) is 3. The number of aliphatic imine (C=N–C) groups is 1. The standard InChI is InChI=1S/C19H32FN5.HI/c1-3-21-19(22-10-9-17-5-7-18(20)8-6-17)23-11-12-25-15-13-24(4-2)14-16-25;/h5-8H,3-4,9-16H2,1-2H3,(H2,21,22,23);1H. The second-order valence-electron chi connectivity index (χ2n) is 6.34. The molecule has 1 heterocycles. The van der Waals surface area contributed by atoms with Crippen LogP contribution in [0.4, 0.5) is 4.39 Å². The molecule has 1 aromatic carbocycles. The molecule has 2 rings (SSSR count). The summed E-state index contributed by atoms with van der Waals surface area (Å²) in [5.41, 5.74) is 1.12. The lowest BCUT2D eigenvalue weighted by Crippen LogP contribution is -2.47. The first kappa shape index (κ1) is 23.1. The van der Waals surface area contributed by atoms with E-state index in [9.17, 15) is 4.39 Å². The van der Waals surface area contributed by atoms with Crippen molar-refractivity contribution in [3.8, 4) is 0 Å². The molecule has 0 aliphatic carbocycles. The molecule has 0 saturated carbocycles. The van der Waals surface area contributed by atoms with Crippen LogP contribution in [0.15, 0.2) is 29.3 Å². The molecule has 1 fully saturated rings. The van der Waals surface area contributed by atoms with Crippen LogP contribution in [0.2, 0.25) is 0 Å². The lowest BCUT2D eigenvalue weighted by atomic mass is 10.1. The third-order valence-corrected chi connectivity index (χ3v) is 4.56. The van der Waals surface area contributed by atoms with E-state index in [-0.39, 0.29) is 29.8 Å². The minimum absolute atomic E-state index is 0. The van der Waals surface area contributed by atoms with E-state index in [0.29, 0.717) is 0 Å². The highest BCUT2D eigenvalue weighted by molar-refractivity contribution is 14.0. The molecule has 1 aliphatic heterocycles. The topological polar surface area (TPSA) is 42.9 Å². The Hall–Kier alpha value is -0.930. The number of likely N-dealkylation sites (N-methyl/N-ethyl adjacent to an activating group) is 1. The van der Waals surface area contributed by atoms with Gasteiger partial charge in [-0.05, 0) is 37.6 Å². The van der Waals surface area contributed by atoms with E-state index in [1.54, 1.807) is 0 Å². The van der Waals surface area contributed by atoms with E-state index in [4.69, 9.17) is 0 Å². The Balaban J connectivity index is 0.00000338. The van der Waals surface area contributed by atoms with Crippen molar-refractivity contribution in [1.82, 2.24) is 20.4 Å². The third kappa shape index (κ3) is 8.64. The zero-order chi connectivity index (χ0) is 17.9. The minimum Gasteiger partial charge on any atom is -0.357 e. The molecule has 0 bridgehead atoms. The summed E-state index contributed by atoms with van der Waals surface area (Å²) < 4.78 is 12.9. The van der Waals surface area contributed by atoms with Gasteiger partial charge in [-0.1, -0.05) is 19.1 Å². The summed E-state index contributed by atoms with van der Waals surface area (Å²) in [6, 6.07) is 6.67. The first-order chi connectivity index (χ1) is 12.2. The van der Waals surface area contributed by atoms with Crippen molar-refractivity contribution >= 4 is 29.9 Å². The Bertz CT molecular complexity index is 515. The van der Waals surface area contributed by atoms with Crippen molar-refractivity contribution in [3.63, 3.8) is 0 Å². The van der Waals surface area contributed by atoms with Gasteiger partial charge in [0.15, 0.2) is 5.96 Å². The first-order valence-electron chi connectivity index (χ1n) is 9.42. The van der Waals surface area contributed by atoms with Crippen molar-refractivity contribution in [1.29, 1.82) is 0 Å². The fourth-order valence-electron chi connectivity index (χ4n) is 2.95.